The molecule has 0 saturated carbocycles. The molecule has 0 fully saturated rings. The van der Waals surface area contributed by atoms with Crippen LogP contribution in [0.25, 0.3) is 0 Å². The Kier molecular flexibility index (Phi) is 8.18. The second-order valence-corrected chi connectivity index (χ2v) is 10.2. The van der Waals surface area contributed by atoms with E-state index in [1.807, 2.05) is 25.1 Å². The van der Waals surface area contributed by atoms with E-state index in [2.05, 4.69) is 5.32 Å². The van der Waals surface area contributed by atoms with Crippen molar-refractivity contribution in [1.29, 1.82) is 0 Å². The number of anilines is 2. The fraction of sp³-hybridized carbons (Fsp3) is 0.138. The molecular weight excluding hydrogens is 504 g/mol. The van der Waals surface area contributed by atoms with Crippen molar-refractivity contribution in [2.75, 3.05) is 30.4 Å². The largest absolute Gasteiger partial charge is 0.497 e. The zero-order valence-electron chi connectivity index (χ0n) is 21.2. The molecule has 0 spiro atoms. The predicted octanol–water partition coefficient (Wildman–Crippen LogP) is 5.64. The highest BCUT2D eigenvalue weighted by atomic mass is 32.2. The van der Waals surface area contributed by atoms with E-state index in [4.69, 9.17) is 14.2 Å². The Morgan fingerprint density at radius 1 is 0.789 bits per heavy atom. The van der Waals surface area contributed by atoms with Crippen molar-refractivity contribution in [2.24, 2.45) is 0 Å². The summed E-state index contributed by atoms with van der Waals surface area (Å²) >= 11 is 0. The van der Waals surface area contributed by atoms with Gasteiger partial charge in [-0.15, -0.1) is 0 Å². The second kappa shape index (κ2) is 11.7. The summed E-state index contributed by atoms with van der Waals surface area (Å²) in [5.41, 5.74) is 1.50. The van der Waals surface area contributed by atoms with Gasteiger partial charge in [-0.05, 0) is 55.5 Å². The number of amides is 1. The molecule has 38 heavy (non-hydrogen) atoms. The first-order valence-corrected chi connectivity index (χ1v) is 13.2. The van der Waals surface area contributed by atoms with Crippen molar-refractivity contribution < 1.29 is 27.4 Å². The maximum Gasteiger partial charge on any atom is 0.264 e. The number of benzene rings is 4. The lowest BCUT2D eigenvalue weighted by molar-refractivity contribution is -0.114. The number of nitrogens with zero attached hydrogens (tertiary/aromatic N) is 1. The summed E-state index contributed by atoms with van der Waals surface area (Å²) in [4.78, 5) is 13.4. The van der Waals surface area contributed by atoms with Crippen LogP contribution in [0.5, 0.6) is 23.0 Å². The summed E-state index contributed by atoms with van der Waals surface area (Å²) in [5, 5.41) is 2.79. The average molecular weight is 533 g/mol. The quantitative estimate of drug-likeness (QED) is 0.284. The molecule has 4 rings (SSSR count). The number of hydrogen-bond donors (Lipinski definition) is 1. The van der Waals surface area contributed by atoms with Gasteiger partial charge in [-0.25, -0.2) is 8.42 Å². The number of rotatable bonds is 10. The Morgan fingerprint density at radius 2 is 1.47 bits per heavy atom. The van der Waals surface area contributed by atoms with E-state index in [1.54, 1.807) is 66.7 Å². The summed E-state index contributed by atoms with van der Waals surface area (Å²) in [5.74, 6) is 1.17. The number of hydrogen-bond acceptors (Lipinski definition) is 6. The van der Waals surface area contributed by atoms with E-state index in [0.29, 0.717) is 22.9 Å². The fourth-order valence-corrected chi connectivity index (χ4v) is 5.15. The number of para-hydroxylation sites is 3. The van der Waals surface area contributed by atoms with Gasteiger partial charge in [0.15, 0.2) is 5.75 Å². The van der Waals surface area contributed by atoms with Gasteiger partial charge in [0.25, 0.3) is 10.0 Å². The average Bonchev–Trinajstić information content (AvgIpc) is 2.93. The van der Waals surface area contributed by atoms with E-state index < -0.39 is 22.5 Å². The van der Waals surface area contributed by atoms with Crippen molar-refractivity contribution in [3.63, 3.8) is 0 Å². The van der Waals surface area contributed by atoms with Gasteiger partial charge >= 0.3 is 0 Å². The molecule has 0 aromatic heterocycles. The number of carbonyl (C=O) groups excluding carboxylic acids is 1. The molecule has 8 nitrogen and oxygen atoms in total. The van der Waals surface area contributed by atoms with Crippen LogP contribution in [0.4, 0.5) is 11.4 Å². The van der Waals surface area contributed by atoms with Crippen LogP contribution in [0.1, 0.15) is 5.56 Å². The standard InChI is InChI=1S/C29H28N2O6S/c1-21-13-16-24(17-14-21)38(33,34)31(26-18-15-23(35-2)19-28(26)36-3)20-29(32)30-25-11-7-8-12-27(25)37-22-9-5-4-6-10-22/h4-19H,20H2,1-3H3,(H,30,32). The smallest absolute Gasteiger partial charge is 0.264 e. The monoisotopic (exact) mass is 532 g/mol. The van der Waals surface area contributed by atoms with Gasteiger partial charge in [0.2, 0.25) is 5.91 Å². The fourth-order valence-electron chi connectivity index (χ4n) is 3.72. The Bertz CT molecular complexity index is 1510. The maximum absolute atomic E-state index is 13.8. The molecule has 9 heteroatoms. The first kappa shape index (κ1) is 26.6. The van der Waals surface area contributed by atoms with Crippen LogP contribution in [0, 0.1) is 6.92 Å². The van der Waals surface area contributed by atoms with Crippen LogP contribution in [0.3, 0.4) is 0 Å². The van der Waals surface area contributed by atoms with Crippen molar-refractivity contribution in [3.8, 4) is 23.0 Å². The molecule has 1 amide bonds. The van der Waals surface area contributed by atoms with E-state index in [-0.39, 0.29) is 16.3 Å². The topological polar surface area (TPSA) is 94.2 Å². The molecule has 0 saturated heterocycles. The number of nitrogens with one attached hydrogen (secondary N) is 1. The first-order valence-electron chi connectivity index (χ1n) is 11.7. The van der Waals surface area contributed by atoms with Gasteiger partial charge in [-0.3, -0.25) is 9.10 Å². The molecule has 4 aromatic carbocycles. The molecule has 0 aliphatic carbocycles. The molecule has 0 radical (unpaired) electrons. The molecule has 0 bridgehead atoms. The Morgan fingerprint density at radius 3 is 2.16 bits per heavy atom. The number of methoxy groups -OCH3 is 2. The van der Waals surface area contributed by atoms with Crippen molar-refractivity contribution >= 4 is 27.3 Å². The normalized spacial score (nSPS) is 10.9. The minimum absolute atomic E-state index is 0.0431. The maximum atomic E-state index is 13.8. The first-order chi connectivity index (χ1) is 18.3. The van der Waals surface area contributed by atoms with Gasteiger partial charge < -0.3 is 19.5 Å². The molecule has 4 aromatic rings. The van der Waals surface area contributed by atoms with Crippen LogP contribution >= 0.6 is 0 Å². The third kappa shape index (κ3) is 6.07. The van der Waals surface area contributed by atoms with Crippen LogP contribution in [0.2, 0.25) is 0 Å². The summed E-state index contributed by atoms with van der Waals surface area (Å²) in [6.45, 7) is 1.35. The molecule has 0 unspecified atom stereocenters. The third-order valence-corrected chi connectivity index (χ3v) is 7.46. The molecular formula is C29H28N2O6S. The van der Waals surface area contributed by atoms with Crippen LogP contribution in [-0.4, -0.2) is 35.1 Å². The van der Waals surface area contributed by atoms with Gasteiger partial charge in [-0.2, -0.15) is 0 Å². The van der Waals surface area contributed by atoms with E-state index in [0.717, 1.165) is 9.87 Å². The van der Waals surface area contributed by atoms with Crippen molar-refractivity contribution in [2.45, 2.75) is 11.8 Å². The van der Waals surface area contributed by atoms with E-state index in [9.17, 15) is 13.2 Å². The van der Waals surface area contributed by atoms with Gasteiger partial charge in [0.05, 0.1) is 30.5 Å². The molecule has 196 valence electrons. The number of aryl methyl sites for hydroxylation is 1. The van der Waals surface area contributed by atoms with E-state index >= 15 is 0 Å². The zero-order valence-corrected chi connectivity index (χ0v) is 22.1. The lowest BCUT2D eigenvalue weighted by Gasteiger charge is -2.26. The van der Waals surface area contributed by atoms with Crippen LogP contribution in [0.15, 0.2) is 102 Å². The second-order valence-electron chi connectivity index (χ2n) is 8.32. The highest BCUT2D eigenvalue weighted by molar-refractivity contribution is 7.92. The summed E-state index contributed by atoms with van der Waals surface area (Å²) in [7, 11) is -1.23. The Labute approximate surface area is 222 Å². The zero-order chi connectivity index (χ0) is 27.1. The minimum Gasteiger partial charge on any atom is -0.497 e. The molecule has 1 N–H and O–H groups in total. The highest BCUT2D eigenvalue weighted by Crippen LogP contribution is 2.36. The van der Waals surface area contributed by atoms with Gasteiger partial charge in [0, 0.05) is 6.07 Å². The molecule has 0 aliphatic rings. The number of ether oxygens (including phenoxy) is 3. The van der Waals surface area contributed by atoms with Crippen molar-refractivity contribution in [1.82, 2.24) is 0 Å². The number of carbonyl (C=O) groups is 1. The van der Waals surface area contributed by atoms with E-state index in [1.165, 1.54) is 26.4 Å². The lowest BCUT2D eigenvalue weighted by atomic mass is 10.2. The van der Waals surface area contributed by atoms with Gasteiger partial charge in [-0.1, -0.05) is 48.0 Å². The van der Waals surface area contributed by atoms with Crippen LogP contribution < -0.4 is 23.8 Å². The van der Waals surface area contributed by atoms with Crippen LogP contribution in [-0.2, 0) is 14.8 Å². The minimum atomic E-state index is -4.15. The molecule has 0 atom stereocenters. The molecule has 0 aliphatic heterocycles. The third-order valence-electron chi connectivity index (χ3n) is 5.68. The predicted molar refractivity (Wildman–Crippen MR) is 147 cm³/mol. The highest BCUT2D eigenvalue weighted by Gasteiger charge is 2.30. The Hall–Kier alpha value is -4.50. The Balaban J connectivity index is 1.68. The summed E-state index contributed by atoms with van der Waals surface area (Å²) < 4.78 is 45.3. The number of sulfonamides is 1. The van der Waals surface area contributed by atoms with Gasteiger partial charge in [0.1, 0.15) is 23.8 Å². The summed E-state index contributed by atoms with van der Waals surface area (Å²) in [6.07, 6.45) is 0. The molecule has 0 heterocycles. The van der Waals surface area contributed by atoms with Crippen molar-refractivity contribution in [3.05, 3.63) is 103 Å². The lowest BCUT2D eigenvalue weighted by Crippen LogP contribution is -2.38. The summed E-state index contributed by atoms with van der Waals surface area (Å²) in [6, 6.07) is 27.2. The SMILES string of the molecule is COc1ccc(N(CC(=O)Nc2ccccc2Oc2ccccc2)S(=O)(=O)c2ccc(C)cc2)c(OC)c1.